The first-order chi connectivity index (χ1) is 12.1. The standard InChI is InChI=1S/C19H29ClN4O/c1-21-18(25)14-16-9-12-24(13-10-16)19(22-2)23-11-3-4-15-5-7-17(20)8-6-15/h5-8,16H,3-4,9-14H2,1-2H3,(H,21,25)(H,22,23). The second-order valence-corrected chi connectivity index (χ2v) is 6.95. The molecular weight excluding hydrogens is 336 g/mol. The largest absolute Gasteiger partial charge is 0.359 e. The summed E-state index contributed by atoms with van der Waals surface area (Å²) in [5, 5.41) is 6.95. The van der Waals surface area contributed by atoms with Gasteiger partial charge in [-0.05, 0) is 49.3 Å². The minimum absolute atomic E-state index is 0.142. The number of hydrogen-bond acceptors (Lipinski definition) is 2. The summed E-state index contributed by atoms with van der Waals surface area (Å²) in [7, 11) is 3.53. The number of carbonyl (C=O) groups is 1. The second-order valence-electron chi connectivity index (χ2n) is 6.51. The zero-order chi connectivity index (χ0) is 18.1. The van der Waals surface area contributed by atoms with Gasteiger partial charge >= 0.3 is 0 Å². The van der Waals surface area contributed by atoms with Gasteiger partial charge in [-0.15, -0.1) is 0 Å². The van der Waals surface area contributed by atoms with Crippen molar-refractivity contribution in [1.82, 2.24) is 15.5 Å². The maximum atomic E-state index is 11.5. The van der Waals surface area contributed by atoms with Crippen molar-refractivity contribution in [3.05, 3.63) is 34.9 Å². The quantitative estimate of drug-likeness (QED) is 0.463. The number of benzene rings is 1. The van der Waals surface area contributed by atoms with E-state index < -0.39 is 0 Å². The van der Waals surface area contributed by atoms with Crippen LogP contribution in [0, 0.1) is 5.92 Å². The highest BCUT2D eigenvalue weighted by molar-refractivity contribution is 6.30. The van der Waals surface area contributed by atoms with Crippen molar-refractivity contribution in [2.45, 2.75) is 32.1 Å². The fourth-order valence-corrected chi connectivity index (χ4v) is 3.32. The molecule has 138 valence electrons. The normalized spacial score (nSPS) is 16.0. The molecule has 1 aliphatic heterocycles. The maximum Gasteiger partial charge on any atom is 0.220 e. The Morgan fingerprint density at radius 2 is 1.96 bits per heavy atom. The first kappa shape index (κ1) is 19.6. The third-order valence-electron chi connectivity index (χ3n) is 4.72. The number of nitrogens with zero attached hydrogens (tertiary/aromatic N) is 2. The van der Waals surface area contributed by atoms with E-state index in [1.807, 2.05) is 19.2 Å². The average molecular weight is 365 g/mol. The summed E-state index contributed by atoms with van der Waals surface area (Å²) in [5.41, 5.74) is 1.30. The fourth-order valence-electron chi connectivity index (χ4n) is 3.19. The van der Waals surface area contributed by atoms with E-state index in [9.17, 15) is 4.79 Å². The molecule has 1 aliphatic rings. The summed E-state index contributed by atoms with van der Waals surface area (Å²) in [6.07, 6.45) is 4.79. The SMILES string of the molecule is CN=C(NCCCc1ccc(Cl)cc1)N1CCC(CC(=O)NC)CC1. The van der Waals surface area contributed by atoms with Gasteiger partial charge in [0.05, 0.1) is 0 Å². The van der Waals surface area contributed by atoms with Crippen molar-refractivity contribution in [3.63, 3.8) is 0 Å². The van der Waals surface area contributed by atoms with Crippen LogP contribution in [0.3, 0.4) is 0 Å². The maximum absolute atomic E-state index is 11.5. The molecule has 0 bridgehead atoms. The average Bonchev–Trinajstić information content (AvgIpc) is 2.64. The molecule has 1 aromatic rings. The van der Waals surface area contributed by atoms with E-state index in [1.54, 1.807) is 7.05 Å². The van der Waals surface area contributed by atoms with E-state index in [4.69, 9.17) is 11.6 Å². The highest BCUT2D eigenvalue weighted by atomic mass is 35.5. The number of piperidine rings is 1. The molecule has 0 aromatic heterocycles. The monoisotopic (exact) mass is 364 g/mol. The number of guanidine groups is 1. The molecule has 1 fully saturated rings. The van der Waals surface area contributed by atoms with Gasteiger partial charge in [-0.2, -0.15) is 0 Å². The summed E-state index contributed by atoms with van der Waals surface area (Å²) < 4.78 is 0. The Morgan fingerprint density at radius 3 is 2.56 bits per heavy atom. The van der Waals surface area contributed by atoms with Crippen molar-refractivity contribution in [1.29, 1.82) is 0 Å². The summed E-state index contributed by atoms with van der Waals surface area (Å²) in [6, 6.07) is 8.03. The van der Waals surface area contributed by atoms with Gasteiger partial charge in [-0.25, -0.2) is 0 Å². The molecule has 0 radical (unpaired) electrons. The molecule has 5 nitrogen and oxygen atoms in total. The van der Waals surface area contributed by atoms with Crippen molar-refractivity contribution < 1.29 is 4.79 Å². The fraction of sp³-hybridized carbons (Fsp3) is 0.579. The van der Waals surface area contributed by atoms with Gasteiger partial charge in [0.25, 0.3) is 0 Å². The van der Waals surface area contributed by atoms with Crippen molar-refractivity contribution in [2.24, 2.45) is 10.9 Å². The minimum atomic E-state index is 0.142. The number of halogens is 1. The van der Waals surface area contributed by atoms with Gasteiger partial charge in [0.2, 0.25) is 5.91 Å². The van der Waals surface area contributed by atoms with E-state index in [-0.39, 0.29) is 5.91 Å². The zero-order valence-electron chi connectivity index (χ0n) is 15.2. The number of hydrogen-bond donors (Lipinski definition) is 2. The van der Waals surface area contributed by atoms with E-state index >= 15 is 0 Å². The van der Waals surface area contributed by atoms with Crippen molar-refractivity contribution in [2.75, 3.05) is 33.7 Å². The van der Waals surface area contributed by atoms with Crippen LogP contribution in [0.15, 0.2) is 29.3 Å². The number of nitrogens with one attached hydrogen (secondary N) is 2. The number of likely N-dealkylation sites (tertiary alicyclic amines) is 1. The van der Waals surface area contributed by atoms with Gasteiger partial charge in [-0.1, -0.05) is 23.7 Å². The molecule has 0 spiro atoms. The number of rotatable bonds is 6. The first-order valence-corrected chi connectivity index (χ1v) is 9.40. The van der Waals surface area contributed by atoms with Gasteiger partial charge in [0.15, 0.2) is 5.96 Å². The number of amides is 1. The highest BCUT2D eigenvalue weighted by Crippen LogP contribution is 2.20. The molecule has 25 heavy (non-hydrogen) atoms. The Morgan fingerprint density at radius 1 is 1.28 bits per heavy atom. The van der Waals surface area contributed by atoms with Crippen molar-refractivity contribution in [3.8, 4) is 0 Å². The van der Waals surface area contributed by atoms with Gasteiger partial charge in [0.1, 0.15) is 0 Å². The number of aryl methyl sites for hydroxylation is 1. The summed E-state index contributed by atoms with van der Waals surface area (Å²) in [5.74, 6) is 1.59. The highest BCUT2D eigenvalue weighted by Gasteiger charge is 2.22. The third-order valence-corrected chi connectivity index (χ3v) is 4.97. The summed E-state index contributed by atoms with van der Waals surface area (Å²) in [6.45, 7) is 2.81. The Hall–Kier alpha value is -1.75. The van der Waals surface area contributed by atoms with Crippen LogP contribution in [-0.4, -0.2) is 50.5 Å². The lowest BCUT2D eigenvalue weighted by molar-refractivity contribution is -0.121. The van der Waals surface area contributed by atoms with Crippen LogP contribution < -0.4 is 10.6 Å². The van der Waals surface area contributed by atoms with Crippen LogP contribution in [0.1, 0.15) is 31.2 Å². The second kappa shape index (κ2) is 10.3. The summed E-state index contributed by atoms with van der Waals surface area (Å²) in [4.78, 5) is 18.2. The number of aliphatic imine (C=N–C) groups is 1. The topological polar surface area (TPSA) is 56.7 Å². The van der Waals surface area contributed by atoms with Crippen molar-refractivity contribution >= 4 is 23.5 Å². The third kappa shape index (κ3) is 6.58. The minimum Gasteiger partial charge on any atom is -0.359 e. The van der Waals surface area contributed by atoms with E-state index in [0.29, 0.717) is 12.3 Å². The van der Waals surface area contributed by atoms with Gasteiger partial charge in [0, 0.05) is 45.2 Å². The molecule has 1 saturated heterocycles. The van der Waals surface area contributed by atoms with Crippen LogP contribution in [0.25, 0.3) is 0 Å². The number of carbonyl (C=O) groups excluding carboxylic acids is 1. The predicted molar refractivity (Wildman–Crippen MR) is 104 cm³/mol. The first-order valence-electron chi connectivity index (χ1n) is 9.03. The molecule has 1 aromatic carbocycles. The molecule has 6 heteroatoms. The molecule has 1 amide bonds. The van der Waals surface area contributed by atoms with Crippen LogP contribution in [0.5, 0.6) is 0 Å². The van der Waals surface area contributed by atoms with Gasteiger partial charge in [-0.3, -0.25) is 9.79 Å². The predicted octanol–water partition coefficient (Wildman–Crippen LogP) is 2.70. The molecule has 0 unspecified atom stereocenters. The van der Waals surface area contributed by atoms with Crippen LogP contribution >= 0.6 is 11.6 Å². The Labute approximate surface area is 155 Å². The summed E-state index contributed by atoms with van der Waals surface area (Å²) >= 11 is 5.91. The van der Waals surface area contributed by atoms with E-state index in [2.05, 4.69) is 32.7 Å². The van der Waals surface area contributed by atoms with Crippen LogP contribution in [-0.2, 0) is 11.2 Å². The molecular formula is C19H29ClN4O. The molecule has 2 rings (SSSR count). The Bertz CT molecular complexity index is 565. The molecule has 0 saturated carbocycles. The van der Waals surface area contributed by atoms with Crippen LogP contribution in [0.4, 0.5) is 0 Å². The lowest BCUT2D eigenvalue weighted by atomic mass is 9.93. The lowest BCUT2D eigenvalue weighted by Gasteiger charge is -2.34. The van der Waals surface area contributed by atoms with E-state index in [1.165, 1.54) is 5.56 Å². The lowest BCUT2D eigenvalue weighted by Crippen LogP contribution is -2.46. The molecule has 1 heterocycles. The van der Waals surface area contributed by atoms with E-state index in [0.717, 1.165) is 56.3 Å². The molecule has 0 atom stereocenters. The zero-order valence-corrected chi connectivity index (χ0v) is 16.0. The van der Waals surface area contributed by atoms with Crippen LogP contribution in [0.2, 0.25) is 5.02 Å². The van der Waals surface area contributed by atoms with Gasteiger partial charge < -0.3 is 15.5 Å². The molecule has 2 N–H and O–H groups in total. The smallest absolute Gasteiger partial charge is 0.220 e. The Balaban J connectivity index is 1.68. The molecule has 0 aliphatic carbocycles. The Kier molecular flexibility index (Phi) is 8.06.